The van der Waals surface area contributed by atoms with E-state index in [1.807, 2.05) is 42.5 Å². The van der Waals surface area contributed by atoms with E-state index in [-0.39, 0.29) is 6.03 Å². The van der Waals surface area contributed by atoms with Crippen LogP contribution in [0.2, 0.25) is 0 Å². The highest BCUT2D eigenvalue weighted by Crippen LogP contribution is 2.15. The third-order valence-electron chi connectivity index (χ3n) is 3.40. The van der Waals surface area contributed by atoms with Gasteiger partial charge in [0.15, 0.2) is 0 Å². The van der Waals surface area contributed by atoms with E-state index in [0.29, 0.717) is 5.69 Å². The maximum atomic E-state index is 11.9. The van der Waals surface area contributed by atoms with Gasteiger partial charge in [0.1, 0.15) is 0 Å². The molecule has 1 aromatic heterocycles. The molecule has 2 amide bonds. The van der Waals surface area contributed by atoms with Crippen LogP contribution in [0.4, 0.5) is 21.9 Å². The van der Waals surface area contributed by atoms with Crippen molar-refractivity contribution in [2.24, 2.45) is 0 Å². The number of hydrogen-bond donors (Lipinski definition) is 3. The monoisotopic (exact) mass is 318 g/mol. The Labute approximate surface area is 140 Å². The van der Waals surface area contributed by atoms with Crippen molar-refractivity contribution in [3.63, 3.8) is 0 Å². The Hall–Kier alpha value is -3.34. The Morgan fingerprint density at radius 3 is 2.21 bits per heavy atom. The van der Waals surface area contributed by atoms with Crippen molar-refractivity contribution in [1.29, 1.82) is 0 Å². The van der Waals surface area contributed by atoms with E-state index < -0.39 is 0 Å². The van der Waals surface area contributed by atoms with Crippen molar-refractivity contribution in [3.8, 4) is 0 Å². The number of amides is 2. The van der Waals surface area contributed by atoms with E-state index in [9.17, 15) is 4.79 Å². The summed E-state index contributed by atoms with van der Waals surface area (Å²) < 4.78 is 0. The van der Waals surface area contributed by atoms with E-state index in [0.717, 1.165) is 17.9 Å². The minimum atomic E-state index is -0.298. The first kappa shape index (κ1) is 15.6. The van der Waals surface area contributed by atoms with Crippen LogP contribution in [-0.2, 0) is 6.54 Å². The van der Waals surface area contributed by atoms with E-state index in [1.54, 1.807) is 24.5 Å². The number of carbonyl (C=O) groups is 1. The minimum absolute atomic E-state index is 0.298. The third-order valence-corrected chi connectivity index (χ3v) is 3.40. The predicted molar refractivity (Wildman–Crippen MR) is 97.1 cm³/mol. The number of rotatable bonds is 5. The SMILES string of the molecule is O=C(Nc1ccc(NCc2ccccc2)cc1)Nc1cccnc1. The zero-order valence-electron chi connectivity index (χ0n) is 13.1. The van der Waals surface area contributed by atoms with Gasteiger partial charge in [0.2, 0.25) is 0 Å². The molecular formula is C19H18N4O. The summed E-state index contributed by atoms with van der Waals surface area (Å²) in [7, 11) is 0. The number of nitrogens with one attached hydrogen (secondary N) is 3. The summed E-state index contributed by atoms with van der Waals surface area (Å²) in [6, 6.07) is 21.0. The van der Waals surface area contributed by atoms with Crippen LogP contribution < -0.4 is 16.0 Å². The van der Waals surface area contributed by atoms with Crippen LogP contribution >= 0.6 is 0 Å². The standard InChI is InChI=1S/C19H18N4O/c24-19(23-18-7-4-12-20-14-18)22-17-10-8-16(9-11-17)21-13-15-5-2-1-3-6-15/h1-12,14,21H,13H2,(H2,22,23,24). The number of hydrogen-bond acceptors (Lipinski definition) is 3. The van der Waals surface area contributed by atoms with E-state index in [2.05, 4.69) is 33.1 Å². The summed E-state index contributed by atoms with van der Waals surface area (Å²) in [4.78, 5) is 15.9. The molecule has 3 rings (SSSR count). The van der Waals surface area contributed by atoms with E-state index >= 15 is 0 Å². The molecular weight excluding hydrogens is 300 g/mol. The molecule has 0 spiro atoms. The van der Waals surface area contributed by atoms with Crippen LogP contribution in [-0.4, -0.2) is 11.0 Å². The fourth-order valence-electron chi connectivity index (χ4n) is 2.20. The van der Waals surface area contributed by atoms with Gasteiger partial charge in [0, 0.05) is 24.1 Å². The Bertz CT molecular complexity index is 773. The lowest BCUT2D eigenvalue weighted by molar-refractivity contribution is 0.262. The van der Waals surface area contributed by atoms with Crippen molar-refractivity contribution < 1.29 is 4.79 Å². The largest absolute Gasteiger partial charge is 0.381 e. The van der Waals surface area contributed by atoms with Crippen LogP contribution in [0, 0.1) is 0 Å². The number of benzene rings is 2. The van der Waals surface area contributed by atoms with Crippen molar-refractivity contribution in [2.45, 2.75) is 6.54 Å². The molecule has 0 aliphatic heterocycles. The smallest absolute Gasteiger partial charge is 0.323 e. The normalized spacial score (nSPS) is 10.0. The molecule has 5 nitrogen and oxygen atoms in total. The van der Waals surface area contributed by atoms with Crippen LogP contribution in [0.15, 0.2) is 79.1 Å². The van der Waals surface area contributed by atoms with Gasteiger partial charge in [-0.1, -0.05) is 30.3 Å². The van der Waals surface area contributed by atoms with Crippen molar-refractivity contribution in [3.05, 3.63) is 84.7 Å². The second-order valence-electron chi connectivity index (χ2n) is 5.24. The van der Waals surface area contributed by atoms with Gasteiger partial charge in [0.25, 0.3) is 0 Å². The van der Waals surface area contributed by atoms with Gasteiger partial charge in [-0.15, -0.1) is 0 Å². The first-order chi connectivity index (χ1) is 11.8. The molecule has 0 fully saturated rings. The Morgan fingerprint density at radius 2 is 1.50 bits per heavy atom. The molecule has 3 aromatic rings. The Balaban J connectivity index is 1.51. The van der Waals surface area contributed by atoms with Gasteiger partial charge in [-0.25, -0.2) is 4.79 Å². The van der Waals surface area contributed by atoms with Gasteiger partial charge >= 0.3 is 6.03 Å². The maximum absolute atomic E-state index is 11.9. The predicted octanol–water partition coefficient (Wildman–Crippen LogP) is 4.34. The summed E-state index contributed by atoms with van der Waals surface area (Å²) in [5, 5.41) is 8.85. The minimum Gasteiger partial charge on any atom is -0.381 e. The van der Waals surface area contributed by atoms with Crippen molar-refractivity contribution >= 4 is 23.1 Å². The van der Waals surface area contributed by atoms with Gasteiger partial charge in [-0.2, -0.15) is 0 Å². The zero-order chi connectivity index (χ0) is 16.6. The van der Waals surface area contributed by atoms with Crippen molar-refractivity contribution in [2.75, 3.05) is 16.0 Å². The van der Waals surface area contributed by atoms with E-state index in [1.165, 1.54) is 5.56 Å². The topological polar surface area (TPSA) is 66.1 Å². The molecule has 0 bridgehead atoms. The Kier molecular flexibility index (Phi) is 5.04. The molecule has 3 N–H and O–H groups in total. The van der Waals surface area contributed by atoms with E-state index in [4.69, 9.17) is 0 Å². The fourth-order valence-corrected chi connectivity index (χ4v) is 2.20. The van der Waals surface area contributed by atoms with Gasteiger partial charge < -0.3 is 16.0 Å². The van der Waals surface area contributed by atoms with Crippen LogP contribution in [0.3, 0.4) is 0 Å². The fraction of sp³-hybridized carbons (Fsp3) is 0.0526. The third kappa shape index (κ3) is 4.58. The van der Waals surface area contributed by atoms with Crippen molar-refractivity contribution in [1.82, 2.24) is 4.98 Å². The molecule has 120 valence electrons. The number of anilines is 3. The lowest BCUT2D eigenvalue weighted by Gasteiger charge is -2.09. The molecule has 0 saturated carbocycles. The molecule has 1 heterocycles. The molecule has 0 radical (unpaired) electrons. The number of aromatic nitrogens is 1. The second kappa shape index (κ2) is 7.78. The first-order valence-electron chi connectivity index (χ1n) is 7.65. The summed E-state index contributed by atoms with van der Waals surface area (Å²) in [5.41, 5.74) is 3.59. The highest BCUT2D eigenvalue weighted by atomic mass is 16.2. The highest BCUT2D eigenvalue weighted by Gasteiger charge is 2.02. The molecule has 0 unspecified atom stereocenters. The molecule has 0 saturated heterocycles. The van der Waals surface area contributed by atoms with Gasteiger partial charge in [-0.05, 0) is 42.0 Å². The summed E-state index contributed by atoms with van der Waals surface area (Å²) >= 11 is 0. The van der Waals surface area contributed by atoms with Crippen LogP contribution in [0.25, 0.3) is 0 Å². The molecule has 2 aromatic carbocycles. The quantitative estimate of drug-likeness (QED) is 0.655. The molecule has 0 atom stereocenters. The van der Waals surface area contributed by atoms with Crippen LogP contribution in [0.1, 0.15) is 5.56 Å². The number of carbonyl (C=O) groups excluding carboxylic acids is 1. The molecule has 24 heavy (non-hydrogen) atoms. The van der Waals surface area contributed by atoms with Crippen LogP contribution in [0.5, 0.6) is 0 Å². The number of urea groups is 1. The number of pyridine rings is 1. The Morgan fingerprint density at radius 1 is 0.792 bits per heavy atom. The summed E-state index contributed by atoms with van der Waals surface area (Å²) in [6.07, 6.45) is 3.25. The zero-order valence-corrected chi connectivity index (χ0v) is 13.1. The molecule has 0 aliphatic carbocycles. The number of nitrogens with zero attached hydrogens (tertiary/aromatic N) is 1. The lowest BCUT2D eigenvalue weighted by atomic mass is 10.2. The first-order valence-corrected chi connectivity index (χ1v) is 7.65. The summed E-state index contributed by atoms with van der Waals surface area (Å²) in [5.74, 6) is 0. The van der Waals surface area contributed by atoms with Gasteiger partial charge in [0.05, 0.1) is 11.9 Å². The summed E-state index contributed by atoms with van der Waals surface area (Å²) in [6.45, 7) is 0.759. The highest BCUT2D eigenvalue weighted by molar-refractivity contribution is 5.99. The lowest BCUT2D eigenvalue weighted by Crippen LogP contribution is -2.19. The average Bonchev–Trinajstić information content (AvgIpc) is 2.63. The maximum Gasteiger partial charge on any atom is 0.323 e. The second-order valence-corrected chi connectivity index (χ2v) is 5.24. The average molecular weight is 318 g/mol. The van der Waals surface area contributed by atoms with Gasteiger partial charge in [-0.3, -0.25) is 4.98 Å². The molecule has 5 heteroatoms. The molecule has 0 aliphatic rings.